The lowest BCUT2D eigenvalue weighted by molar-refractivity contribution is 1.04. The van der Waals surface area contributed by atoms with Gasteiger partial charge < -0.3 is 22.8 Å². The number of benzene rings is 16. The van der Waals surface area contributed by atoms with Gasteiger partial charge in [-0.2, -0.15) is 0 Å². The SMILES string of the molecule is c1ccc(-c2nc(-c3ccccc3)nc(-c3cc(-n4c5ccccc5c5ccccc54)c(-n4c5ccccc5c5ccccc54)c(-n4c5ccccc5c5ccccc54)c3)n2)cc1.c1ccc(-c2nc(-c3ccccc3)nc(-c3ccc(-n4c5ccccc5c5ccc6c(c7ccccc7n6-c6ccccc6)c54)cc3)n2)cc1. The molecule has 0 saturated carbocycles. The van der Waals surface area contributed by atoms with E-state index in [1.807, 2.05) is 97.1 Å². The summed E-state index contributed by atoms with van der Waals surface area (Å²) in [6.45, 7) is 0. The highest BCUT2D eigenvalue weighted by atomic mass is 15.1. The van der Waals surface area contributed by atoms with Crippen molar-refractivity contribution in [2.75, 3.05) is 0 Å². The van der Waals surface area contributed by atoms with Crippen LogP contribution in [0.4, 0.5) is 0 Å². The molecule has 0 aliphatic heterocycles. The Hall–Kier alpha value is -15.5. The van der Waals surface area contributed by atoms with Gasteiger partial charge in [0, 0.05) is 98.6 Å². The summed E-state index contributed by atoms with van der Waals surface area (Å²) in [4.78, 5) is 30.6. The third kappa shape index (κ3) is 10.7. The zero-order valence-corrected chi connectivity index (χ0v) is 60.9. The van der Waals surface area contributed by atoms with E-state index >= 15 is 0 Å². The minimum atomic E-state index is 0.584. The lowest BCUT2D eigenvalue weighted by Crippen LogP contribution is -2.10. The lowest BCUT2D eigenvalue weighted by atomic mass is 10.1. The van der Waals surface area contributed by atoms with Crippen molar-refractivity contribution in [3.63, 3.8) is 0 Å². The molecule has 23 rings (SSSR count). The van der Waals surface area contributed by atoms with Crippen molar-refractivity contribution in [2.24, 2.45) is 0 Å². The highest BCUT2D eigenvalue weighted by molar-refractivity contribution is 6.26. The van der Waals surface area contributed by atoms with Crippen molar-refractivity contribution in [2.45, 2.75) is 0 Å². The van der Waals surface area contributed by atoms with E-state index in [4.69, 9.17) is 29.9 Å². The maximum atomic E-state index is 5.34. The quantitative estimate of drug-likeness (QED) is 0.128. The second-order valence-electron chi connectivity index (χ2n) is 28.5. The van der Waals surface area contributed by atoms with Crippen molar-refractivity contribution in [1.82, 2.24) is 52.7 Å². The molecule has 528 valence electrons. The van der Waals surface area contributed by atoms with Gasteiger partial charge in [-0.15, -0.1) is 0 Å². The number of aromatic nitrogens is 11. The van der Waals surface area contributed by atoms with Gasteiger partial charge >= 0.3 is 0 Å². The Labute approximate surface area is 648 Å². The summed E-state index contributed by atoms with van der Waals surface area (Å²) in [5, 5.41) is 12.0. The van der Waals surface area contributed by atoms with Gasteiger partial charge in [-0.05, 0) is 103 Å². The Morgan fingerprint density at radius 1 is 0.159 bits per heavy atom. The number of hydrogen-bond donors (Lipinski definition) is 0. The van der Waals surface area contributed by atoms with Crippen molar-refractivity contribution in [1.29, 1.82) is 0 Å². The fourth-order valence-corrected chi connectivity index (χ4v) is 17.1. The van der Waals surface area contributed by atoms with Gasteiger partial charge in [0.05, 0.1) is 72.2 Å². The molecule has 7 heterocycles. The van der Waals surface area contributed by atoms with E-state index in [9.17, 15) is 0 Å². The van der Waals surface area contributed by atoms with Gasteiger partial charge in [-0.3, -0.25) is 0 Å². The number of fused-ring (bicyclic) bond motifs is 16. The summed E-state index contributed by atoms with van der Waals surface area (Å²) in [6, 6.07) is 139. The molecule has 11 nitrogen and oxygen atoms in total. The van der Waals surface area contributed by atoms with Crippen molar-refractivity contribution >= 4 is 109 Å². The number of hydrogen-bond acceptors (Lipinski definition) is 6. The minimum absolute atomic E-state index is 0.584. The topological polar surface area (TPSA) is 102 Å². The van der Waals surface area contributed by atoms with Gasteiger partial charge in [-0.1, -0.05) is 291 Å². The summed E-state index contributed by atoms with van der Waals surface area (Å²) in [7, 11) is 0. The van der Waals surface area contributed by atoms with Crippen LogP contribution < -0.4 is 0 Å². The van der Waals surface area contributed by atoms with Crippen molar-refractivity contribution in [3.8, 4) is 96.8 Å². The molecule has 0 unspecified atom stereocenters. The second-order valence-corrected chi connectivity index (χ2v) is 28.5. The Balaban J connectivity index is 0.000000142. The minimum Gasteiger partial charge on any atom is -0.309 e. The summed E-state index contributed by atoms with van der Waals surface area (Å²) in [6.07, 6.45) is 0. The molecule has 0 aliphatic carbocycles. The standard InChI is InChI=1S/C57H36N6.C45H29N5/c1-3-19-37(20-4-1)55-58-56(38-21-5-2-6-22-38)60-57(59-55)39-35-52(61-46-29-13-7-23-40(46)41-24-8-14-30-47(41)61)54(63-50-33-17-11-27-44(50)45-28-12-18-34-51(45)63)53(36-39)62-48-31-15-9-25-42(48)43-26-10-16-32-49(43)62;1-4-14-30(15-5-1)43-46-44(31-16-6-2-7-17-31)48-45(47-43)32-24-26-34(27-25-32)50-38-22-12-10-20-35(38)36-28-29-40-41(42(36)50)37-21-11-13-23-39(37)49(40)33-18-8-3-9-19-33/h1-36H;1-29H. The Kier molecular flexibility index (Phi) is 15.3. The third-order valence-electron chi connectivity index (χ3n) is 22.0. The molecule has 0 amide bonds. The largest absolute Gasteiger partial charge is 0.309 e. The van der Waals surface area contributed by atoms with Crippen LogP contribution in [0, 0.1) is 0 Å². The molecule has 23 aromatic rings. The molecule has 0 saturated heterocycles. The summed E-state index contributed by atoms with van der Waals surface area (Å²) >= 11 is 0. The molecular weight excluding hydrogens is 1380 g/mol. The highest BCUT2D eigenvalue weighted by Crippen LogP contribution is 2.47. The molecule has 0 spiro atoms. The van der Waals surface area contributed by atoms with E-state index in [0.717, 1.165) is 100 Å². The maximum Gasteiger partial charge on any atom is 0.164 e. The zero-order valence-electron chi connectivity index (χ0n) is 60.9. The van der Waals surface area contributed by atoms with Gasteiger partial charge in [0.2, 0.25) is 0 Å². The van der Waals surface area contributed by atoms with Crippen LogP contribution in [0.1, 0.15) is 0 Å². The van der Waals surface area contributed by atoms with Crippen molar-refractivity contribution in [3.05, 3.63) is 394 Å². The molecular formula is C102H65N11. The van der Waals surface area contributed by atoms with Crippen LogP contribution in [-0.2, 0) is 0 Å². The van der Waals surface area contributed by atoms with Crippen molar-refractivity contribution < 1.29 is 0 Å². The van der Waals surface area contributed by atoms with Crippen LogP contribution in [0.25, 0.3) is 206 Å². The molecule has 113 heavy (non-hydrogen) atoms. The Morgan fingerprint density at radius 3 is 0.770 bits per heavy atom. The van der Waals surface area contributed by atoms with E-state index in [1.165, 1.54) is 70.4 Å². The van der Waals surface area contributed by atoms with Crippen LogP contribution in [0.2, 0.25) is 0 Å². The fraction of sp³-hybridized carbons (Fsp3) is 0. The second kappa shape index (κ2) is 26.7. The predicted octanol–water partition coefficient (Wildman–Crippen LogP) is 25.2. The first-order chi connectivity index (χ1) is 56.1. The average molecular weight is 1440 g/mol. The first-order valence-electron chi connectivity index (χ1n) is 38.1. The first kappa shape index (κ1) is 64.7. The van der Waals surface area contributed by atoms with Gasteiger partial charge in [-0.25, -0.2) is 29.9 Å². The van der Waals surface area contributed by atoms with Crippen LogP contribution in [-0.4, -0.2) is 52.7 Å². The Bertz CT molecular complexity index is 7240. The molecule has 0 aliphatic rings. The maximum absolute atomic E-state index is 5.34. The number of rotatable bonds is 11. The first-order valence-corrected chi connectivity index (χ1v) is 38.1. The average Bonchev–Trinajstić information content (AvgIpc) is 1.57. The molecule has 16 aromatic carbocycles. The van der Waals surface area contributed by atoms with Gasteiger partial charge in [0.25, 0.3) is 0 Å². The van der Waals surface area contributed by atoms with E-state index in [0.29, 0.717) is 34.9 Å². The monoisotopic (exact) mass is 1440 g/mol. The van der Waals surface area contributed by atoms with Crippen LogP contribution >= 0.6 is 0 Å². The molecule has 0 radical (unpaired) electrons. The molecule has 11 heteroatoms. The Morgan fingerprint density at radius 2 is 0.416 bits per heavy atom. The van der Waals surface area contributed by atoms with E-state index in [2.05, 4.69) is 320 Å². The summed E-state index contributed by atoms with van der Waals surface area (Å²) < 4.78 is 12.2. The number of nitrogens with zero attached hydrogens (tertiary/aromatic N) is 11. The molecule has 7 aromatic heterocycles. The smallest absolute Gasteiger partial charge is 0.164 e. The van der Waals surface area contributed by atoms with Gasteiger partial charge in [0.15, 0.2) is 34.9 Å². The van der Waals surface area contributed by atoms with E-state index in [1.54, 1.807) is 0 Å². The molecule has 0 N–H and O–H groups in total. The van der Waals surface area contributed by atoms with Crippen LogP contribution in [0.5, 0.6) is 0 Å². The summed E-state index contributed by atoms with van der Waals surface area (Å²) in [5.41, 5.74) is 22.2. The van der Waals surface area contributed by atoms with E-state index < -0.39 is 0 Å². The van der Waals surface area contributed by atoms with Crippen LogP contribution in [0.15, 0.2) is 394 Å². The van der Waals surface area contributed by atoms with E-state index in [-0.39, 0.29) is 0 Å². The third-order valence-corrected chi connectivity index (χ3v) is 22.0. The number of para-hydroxylation sites is 9. The molecule has 0 fully saturated rings. The van der Waals surface area contributed by atoms with Gasteiger partial charge in [0.1, 0.15) is 0 Å². The van der Waals surface area contributed by atoms with Crippen LogP contribution in [0.3, 0.4) is 0 Å². The zero-order chi connectivity index (χ0) is 74.5. The molecule has 0 atom stereocenters. The highest BCUT2D eigenvalue weighted by Gasteiger charge is 2.29. The predicted molar refractivity (Wildman–Crippen MR) is 464 cm³/mol. The normalized spacial score (nSPS) is 11.7. The lowest BCUT2D eigenvalue weighted by Gasteiger charge is -2.23. The summed E-state index contributed by atoms with van der Waals surface area (Å²) in [5.74, 6) is 3.75. The fourth-order valence-electron chi connectivity index (χ4n) is 17.1. The molecule has 0 bridgehead atoms.